The lowest BCUT2D eigenvalue weighted by atomic mass is 10.2. The molecule has 0 bridgehead atoms. The second-order valence-electron chi connectivity index (χ2n) is 8.51. The highest BCUT2D eigenvalue weighted by molar-refractivity contribution is 7.99. The number of rotatable bonds is 9. The third-order valence-electron chi connectivity index (χ3n) is 5.94. The van der Waals surface area contributed by atoms with Crippen molar-refractivity contribution >= 4 is 17.7 Å². The number of halogens is 1. The van der Waals surface area contributed by atoms with E-state index in [-0.39, 0.29) is 29.6 Å². The molecule has 2 heterocycles. The minimum absolute atomic E-state index is 0.0314. The molecule has 2 atom stereocenters. The molecular weight excluding hydrogens is 469 g/mol. The molecule has 0 radical (unpaired) electrons. The van der Waals surface area contributed by atoms with Crippen LogP contribution >= 0.6 is 11.8 Å². The molecule has 186 valence electrons. The summed E-state index contributed by atoms with van der Waals surface area (Å²) in [6, 6.07) is 13.7. The molecule has 1 amide bonds. The standard InChI is InChI=1S/C25H30FN5O3S/c1-5-30(14-20-15-33-21-8-6-7-9-22(21)34-20)23(32)16-35-25-28-27-24(17(2)29(3)4)31(25)19-12-10-18(26)11-13-19/h6-13,17,20H,5,14-16H2,1-4H3/t17-,20-/m1/s1. The number of nitrogens with zero attached hydrogens (tertiary/aromatic N) is 5. The number of amides is 1. The number of ether oxygens (including phenoxy) is 2. The summed E-state index contributed by atoms with van der Waals surface area (Å²) >= 11 is 1.31. The van der Waals surface area contributed by atoms with E-state index in [9.17, 15) is 9.18 Å². The summed E-state index contributed by atoms with van der Waals surface area (Å²) in [5, 5.41) is 9.33. The molecule has 35 heavy (non-hydrogen) atoms. The van der Waals surface area contributed by atoms with Crippen molar-refractivity contribution in [1.82, 2.24) is 24.6 Å². The summed E-state index contributed by atoms with van der Waals surface area (Å²) in [6.07, 6.45) is -0.241. The summed E-state index contributed by atoms with van der Waals surface area (Å²) in [7, 11) is 3.92. The van der Waals surface area contributed by atoms with Crippen LogP contribution in [0.2, 0.25) is 0 Å². The Hall–Kier alpha value is -3.11. The van der Waals surface area contributed by atoms with Crippen LogP contribution in [0.3, 0.4) is 0 Å². The lowest BCUT2D eigenvalue weighted by Gasteiger charge is -2.30. The fourth-order valence-corrected chi connectivity index (χ4v) is 4.59. The predicted molar refractivity (Wildman–Crippen MR) is 133 cm³/mol. The molecule has 1 aliphatic rings. The van der Waals surface area contributed by atoms with Gasteiger partial charge < -0.3 is 14.4 Å². The van der Waals surface area contributed by atoms with Gasteiger partial charge in [0.15, 0.2) is 28.6 Å². The van der Waals surface area contributed by atoms with Gasteiger partial charge in [-0.3, -0.25) is 14.3 Å². The molecule has 0 aliphatic carbocycles. The van der Waals surface area contributed by atoms with E-state index in [1.54, 1.807) is 17.0 Å². The van der Waals surface area contributed by atoms with Crippen LogP contribution in [0.4, 0.5) is 4.39 Å². The summed E-state index contributed by atoms with van der Waals surface area (Å²) in [5.41, 5.74) is 0.744. The number of benzene rings is 2. The molecule has 0 saturated heterocycles. The second-order valence-corrected chi connectivity index (χ2v) is 9.45. The van der Waals surface area contributed by atoms with Gasteiger partial charge in [-0.2, -0.15) is 0 Å². The number of likely N-dealkylation sites (N-methyl/N-ethyl adjacent to an activating group) is 1. The minimum Gasteiger partial charge on any atom is -0.486 e. The first-order valence-electron chi connectivity index (χ1n) is 11.5. The number of carbonyl (C=O) groups is 1. The summed E-state index contributed by atoms with van der Waals surface area (Å²) in [5.74, 6) is 1.97. The number of thioether (sulfide) groups is 1. The monoisotopic (exact) mass is 499 g/mol. The first kappa shape index (κ1) is 25.0. The van der Waals surface area contributed by atoms with Crippen molar-refractivity contribution in [1.29, 1.82) is 0 Å². The van der Waals surface area contributed by atoms with Gasteiger partial charge in [0.2, 0.25) is 5.91 Å². The predicted octanol–water partition coefficient (Wildman–Crippen LogP) is 3.81. The van der Waals surface area contributed by atoms with Gasteiger partial charge in [-0.15, -0.1) is 10.2 Å². The number of hydrogen-bond donors (Lipinski definition) is 0. The van der Waals surface area contributed by atoms with Gasteiger partial charge in [-0.25, -0.2) is 4.39 Å². The summed E-state index contributed by atoms with van der Waals surface area (Å²) < 4.78 is 27.2. The number of aromatic nitrogens is 3. The fraction of sp³-hybridized carbons (Fsp3) is 0.400. The Morgan fingerprint density at radius 1 is 1.17 bits per heavy atom. The zero-order chi connectivity index (χ0) is 24.9. The van der Waals surface area contributed by atoms with Gasteiger partial charge in [-0.1, -0.05) is 23.9 Å². The molecule has 0 N–H and O–H groups in total. The maximum absolute atomic E-state index is 13.5. The molecule has 8 nitrogen and oxygen atoms in total. The Morgan fingerprint density at radius 2 is 1.89 bits per heavy atom. The van der Waals surface area contributed by atoms with Gasteiger partial charge in [0.25, 0.3) is 0 Å². The largest absolute Gasteiger partial charge is 0.486 e. The number of carbonyl (C=O) groups excluding carboxylic acids is 1. The van der Waals surface area contributed by atoms with E-state index in [0.717, 1.165) is 17.3 Å². The second kappa shape index (κ2) is 11.1. The molecule has 10 heteroatoms. The molecule has 0 fully saturated rings. The Bertz CT molecular complexity index is 1150. The summed E-state index contributed by atoms with van der Waals surface area (Å²) in [6.45, 7) is 5.33. The van der Waals surface area contributed by atoms with Crippen molar-refractivity contribution in [3.05, 3.63) is 60.2 Å². The number of fused-ring (bicyclic) bond motifs is 1. The Labute approximate surface area is 209 Å². The van der Waals surface area contributed by atoms with E-state index in [2.05, 4.69) is 10.2 Å². The average Bonchev–Trinajstić information content (AvgIpc) is 3.29. The van der Waals surface area contributed by atoms with Crippen molar-refractivity contribution < 1.29 is 18.7 Å². The van der Waals surface area contributed by atoms with Crippen LogP contribution in [-0.2, 0) is 4.79 Å². The maximum atomic E-state index is 13.5. The van der Waals surface area contributed by atoms with Crippen molar-refractivity contribution in [3.63, 3.8) is 0 Å². The lowest BCUT2D eigenvalue weighted by Crippen LogP contribution is -2.44. The minimum atomic E-state index is -0.316. The highest BCUT2D eigenvalue weighted by Crippen LogP contribution is 2.31. The van der Waals surface area contributed by atoms with Crippen molar-refractivity contribution in [2.24, 2.45) is 0 Å². The smallest absolute Gasteiger partial charge is 0.233 e. The molecule has 0 saturated carbocycles. The topological polar surface area (TPSA) is 72.7 Å². The third kappa shape index (κ3) is 5.76. The van der Waals surface area contributed by atoms with E-state index < -0.39 is 0 Å². The Balaban J connectivity index is 1.46. The summed E-state index contributed by atoms with van der Waals surface area (Å²) in [4.78, 5) is 16.9. The van der Waals surface area contributed by atoms with Crippen LogP contribution in [0.5, 0.6) is 11.5 Å². The molecule has 2 aromatic carbocycles. The molecule has 0 spiro atoms. The van der Waals surface area contributed by atoms with E-state index in [4.69, 9.17) is 9.47 Å². The van der Waals surface area contributed by atoms with E-state index in [0.29, 0.717) is 30.6 Å². The van der Waals surface area contributed by atoms with Crippen LogP contribution in [0.15, 0.2) is 53.7 Å². The quantitative estimate of drug-likeness (QED) is 0.415. The van der Waals surface area contributed by atoms with Crippen LogP contribution in [0, 0.1) is 5.82 Å². The van der Waals surface area contributed by atoms with Crippen LogP contribution < -0.4 is 9.47 Å². The van der Waals surface area contributed by atoms with Crippen molar-refractivity contribution in [2.75, 3.05) is 39.5 Å². The number of hydrogen-bond acceptors (Lipinski definition) is 7. The third-order valence-corrected chi connectivity index (χ3v) is 6.86. The SMILES string of the molecule is CCN(C[C@@H]1COc2ccccc2O1)C(=O)CSc1nnc([C@@H](C)N(C)C)n1-c1ccc(F)cc1. The normalized spacial score (nSPS) is 15.8. The number of para-hydroxylation sites is 2. The van der Waals surface area contributed by atoms with Crippen molar-refractivity contribution in [3.8, 4) is 17.2 Å². The highest BCUT2D eigenvalue weighted by Gasteiger charge is 2.26. The van der Waals surface area contributed by atoms with E-state index in [1.807, 2.05) is 61.7 Å². The van der Waals surface area contributed by atoms with Crippen LogP contribution in [0.25, 0.3) is 5.69 Å². The molecule has 3 aromatic rings. The Morgan fingerprint density at radius 3 is 2.57 bits per heavy atom. The molecular formula is C25H30FN5O3S. The highest BCUT2D eigenvalue weighted by atomic mass is 32.2. The molecule has 1 aliphatic heterocycles. The fourth-order valence-electron chi connectivity index (χ4n) is 3.73. The van der Waals surface area contributed by atoms with Crippen molar-refractivity contribution in [2.45, 2.75) is 31.1 Å². The van der Waals surface area contributed by atoms with Gasteiger partial charge in [0.05, 0.1) is 18.3 Å². The molecule has 1 aromatic heterocycles. The van der Waals surface area contributed by atoms with E-state index in [1.165, 1.54) is 23.9 Å². The van der Waals surface area contributed by atoms with Gasteiger partial charge in [0.1, 0.15) is 12.4 Å². The van der Waals surface area contributed by atoms with Gasteiger partial charge in [-0.05, 0) is 64.3 Å². The maximum Gasteiger partial charge on any atom is 0.233 e. The first-order chi connectivity index (χ1) is 16.9. The average molecular weight is 500 g/mol. The lowest BCUT2D eigenvalue weighted by molar-refractivity contribution is -0.129. The Kier molecular flexibility index (Phi) is 7.92. The zero-order valence-corrected chi connectivity index (χ0v) is 21.2. The van der Waals surface area contributed by atoms with Gasteiger partial charge >= 0.3 is 0 Å². The van der Waals surface area contributed by atoms with Crippen LogP contribution in [-0.4, -0.2) is 76.1 Å². The van der Waals surface area contributed by atoms with Gasteiger partial charge in [0, 0.05) is 12.2 Å². The molecule has 4 rings (SSSR count). The zero-order valence-electron chi connectivity index (χ0n) is 20.3. The van der Waals surface area contributed by atoms with Crippen LogP contribution in [0.1, 0.15) is 25.7 Å². The van der Waals surface area contributed by atoms with E-state index >= 15 is 0 Å². The first-order valence-corrected chi connectivity index (χ1v) is 12.5. The molecule has 0 unspecified atom stereocenters.